The average molecular weight is 1340 g/mol. The van der Waals surface area contributed by atoms with Crippen LogP contribution in [0.25, 0.3) is 0 Å². The average Bonchev–Trinajstić information content (AvgIpc) is 3.66. The summed E-state index contributed by atoms with van der Waals surface area (Å²) in [5.74, 6) is 0.866. The lowest BCUT2D eigenvalue weighted by Crippen LogP contribution is -2.30. The molecule has 0 rings (SSSR count). The first-order valence-corrected chi connectivity index (χ1v) is 40.2. The Morgan fingerprint density at radius 3 is 0.780 bits per heavy atom. The molecule has 0 aliphatic carbocycles. The first kappa shape index (κ1) is 89.1. The highest BCUT2D eigenvalue weighted by atomic mass is 31.2. The fraction of sp³-hybridized carbons (Fsp3) is 0.944. The number of ether oxygens (including phenoxy) is 4. The zero-order valence-corrected chi connectivity index (χ0v) is 61.3. The van der Waals surface area contributed by atoms with Gasteiger partial charge in [-0.15, -0.1) is 0 Å². The maximum Gasteiger partial charge on any atom is 0.472 e. The van der Waals surface area contributed by atoms with Gasteiger partial charge in [0.1, 0.15) is 19.3 Å². The minimum absolute atomic E-state index is 0.104. The molecule has 6 atom stereocenters. The molecule has 17 nitrogen and oxygen atoms in total. The maximum atomic E-state index is 13.0. The smallest absolute Gasteiger partial charge is 0.462 e. The summed E-state index contributed by atoms with van der Waals surface area (Å²) >= 11 is 0. The molecule has 0 aromatic heterocycles. The molecule has 0 bridgehead atoms. The number of hydrogen-bond acceptors (Lipinski definition) is 15. The summed E-state index contributed by atoms with van der Waals surface area (Å²) in [5, 5.41) is 10.6. The van der Waals surface area contributed by atoms with Gasteiger partial charge in [-0.25, -0.2) is 9.13 Å². The number of phosphoric acid groups is 2. The number of aliphatic hydroxyl groups excluding tert-OH is 1. The Kier molecular flexibility index (Phi) is 60.3. The van der Waals surface area contributed by atoms with Crippen LogP contribution >= 0.6 is 15.6 Å². The predicted molar refractivity (Wildman–Crippen MR) is 367 cm³/mol. The summed E-state index contributed by atoms with van der Waals surface area (Å²) in [6, 6.07) is 0. The molecule has 0 aromatic rings. The Bertz CT molecular complexity index is 1800. The van der Waals surface area contributed by atoms with E-state index in [1.54, 1.807) is 0 Å². The van der Waals surface area contributed by atoms with E-state index in [2.05, 4.69) is 55.4 Å². The highest BCUT2D eigenvalue weighted by Crippen LogP contribution is 2.45. The van der Waals surface area contributed by atoms with Crippen LogP contribution in [-0.4, -0.2) is 96.7 Å². The number of rotatable bonds is 69. The number of phosphoric ester groups is 2. The zero-order chi connectivity index (χ0) is 67.5. The maximum absolute atomic E-state index is 13.0. The molecule has 0 radical (unpaired) electrons. The van der Waals surface area contributed by atoms with Gasteiger partial charge in [0.25, 0.3) is 0 Å². The Morgan fingerprint density at radius 2 is 0.527 bits per heavy atom. The monoisotopic (exact) mass is 1340 g/mol. The zero-order valence-electron chi connectivity index (χ0n) is 59.5. The Labute approximate surface area is 556 Å². The van der Waals surface area contributed by atoms with Crippen LogP contribution in [0.5, 0.6) is 0 Å². The largest absolute Gasteiger partial charge is 0.472 e. The standard InChI is InChI=1S/C72H140O17P2/c1-9-65(8)51-43-35-30-31-37-45-53-70(75)83-59-68(88-71(76)54-46-38-28-20-16-14-12-10-11-13-15-18-24-32-40-48-62(2)3)61-87-91(80,81)85-57-66(73)56-84-90(78,79)86-60-67(89-72(77)55-47-39-29-23-22-26-34-42-50-64(6)7)58-82-69(74)52-44-36-27-21-17-19-25-33-41-49-63(4)5/h62-68,73H,9-61H2,1-8H3,(H,78,79)(H,80,81)/t65?,66-,67-,68-/m1/s1. The molecule has 0 saturated heterocycles. The summed E-state index contributed by atoms with van der Waals surface area (Å²) in [4.78, 5) is 72.6. The molecule has 3 N–H and O–H groups in total. The van der Waals surface area contributed by atoms with Crippen LogP contribution in [-0.2, 0) is 65.4 Å². The van der Waals surface area contributed by atoms with Crippen molar-refractivity contribution in [3.8, 4) is 0 Å². The number of hydrogen-bond donors (Lipinski definition) is 3. The lowest BCUT2D eigenvalue weighted by Gasteiger charge is -2.21. The normalized spacial score (nSPS) is 14.5. The van der Waals surface area contributed by atoms with Crippen molar-refractivity contribution in [2.24, 2.45) is 23.7 Å². The lowest BCUT2D eigenvalue weighted by molar-refractivity contribution is -0.161. The van der Waals surface area contributed by atoms with Crippen LogP contribution in [0.1, 0.15) is 357 Å². The molecule has 0 spiro atoms. The van der Waals surface area contributed by atoms with Gasteiger partial charge in [0.15, 0.2) is 12.2 Å². The molecule has 0 amide bonds. The van der Waals surface area contributed by atoms with Gasteiger partial charge in [-0.2, -0.15) is 0 Å². The van der Waals surface area contributed by atoms with Crippen molar-refractivity contribution < 1.29 is 80.2 Å². The van der Waals surface area contributed by atoms with Gasteiger partial charge < -0.3 is 33.8 Å². The van der Waals surface area contributed by atoms with E-state index in [0.717, 1.165) is 120 Å². The van der Waals surface area contributed by atoms with Crippen LogP contribution in [0.15, 0.2) is 0 Å². The van der Waals surface area contributed by atoms with Gasteiger partial charge in [0.05, 0.1) is 26.4 Å². The molecule has 0 aliphatic rings. The van der Waals surface area contributed by atoms with E-state index in [0.29, 0.717) is 25.7 Å². The second kappa shape index (κ2) is 61.6. The van der Waals surface area contributed by atoms with Crippen LogP contribution < -0.4 is 0 Å². The highest BCUT2D eigenvalue weighted by molar-refractivity contribution is 7.47. The van der Waals surface area contributed by atoms with Crippen LogP contribution in [0.4, 0.5) is 0 Å². The second-order valence-corrected chi connectivity index (χ2v) is 30.6. The van der Waals surface area contributed by atoms with E-state index < -0.39 is 97.5 Å². The van der Waals surface area contributed by atoms with Crippen LogP contribution in [0.3, 0.4) is 0 Å². The summed E-state index contributed by atoms with van der Waals surface area (Å²) in [6.45, 7) is 14.1. The molecule has 0 heterocycles. The summed E-state index contributed by atoms with van der Waals surface area (Å²) in [6.07, 6.45) is 44.5. The fourth-order valence-electron chi connectivity index (χ4n) is 10.8. The van der Waals surface area contributed by atoms with E-state index in [4.69, 9.17) is 37.0 Å². The Balaban J connectivity index is 5.22. The van der Waals surface area contributed by atoms with E-state index in [9.17, 15) is 43.2 Å². The van der Waals surface area contributed by atoms with Crippen molar-refractivity contribution in [2.75, 3.05) is 39.6 Å². The Hall–Kier alpha value is -1.94. The SMILES string of the molecule is CCC(C)CCCCCCCCC(=O)OC[C@H](COP(=O)(O)OC[C@H](O)COP(=O)(O)OC[C@@H](COC(=O)CCCCCCCCCCCC(C)C)OC(=O)CCCCCCCCCCC(C)C)OC(=O)CCCCCCCCCCCCCCCCCC(C)C. The van der Waals surface area contributed by atoms with Gasteiger partial charge >= 0.3 is 39.5 Å². The third kappa shape index (κ3) is 65.1. The minimum atomic E-state index is -4.95. The Morgan fingerprint density at radius 1 is 0.308 bits per heavy atom. The molecule has 540 valence electrons. The quantitative estimate of drug-likeness (QED) is 0.0222. The van der Waals surface area contributed by atoms with Crippen molar-refractivity contribution in [1.82, 2.24) is 0 Å². The van der Waals surface area contributed by atoms with Crippen molar-refractivity contribution in [3.63, 3.8) is 0 Å². The first-order valence-electron chi connectivity index (χ1n) is 37.2. The van der Waals surface area contributed by atoms with Gasteiger partial charge in [0, 0.05) is 25.7 Å². The number of unbranched alkanes of at least 4 members (excludes halogenated alkanes) is 34. The van der Waals surface area contributed by atoms with Crippen molar-refractivity contribution >= 4 is 39.5 Å². The number of esters is 4. The topological polar surface area (TPSA) is 237 Å². The molecule has 3 unspecified atom stereocenters. The molecule has 0 aromatic carbocycles. The van der Waals surface area contributed by atoms with E-state index in [-0.39, 0.29) is 25.7 Å². The minimum Gasteiger partial charge on any atom is -0.462 e. The van der Waals surface area contributed by atoms with E-state index >= 15 is 0 Å². The molecule has 0 aliphatic heterocycles. The van der Waals surface area contributed by atoms with Gasteiger partial charge in [-0.05, 0) is 49.4 Å². The van der Waals surface area contributed by atoms with Crippen molar-refractivity contribution in [1.29, 1.82) is 0 Å². The second-order valence-electron chi connectivity index (χ2n) is 27.6. The first-order chi connectivity index (χ1) is 43.6. The fourth-order valence-corrected chi connectivity index (χ4v) is 12.4. The van der Waals surface area contributed by atoms with Crippen molar-refractivity contribution in [2.45, 2.75) is 375 Å². The molecule has 91 heavy (non-hydrogen) atoms. The van der Waals surface area contributed by atoms with Crippen LogP contribution in [0.2, 0.25) is 0 Å². The van der Waals surface area contributed by atoms with E-state index in [1.807, 2.05) is 0 Å². The summed E-state index contributed by atoms with van der Waals surface area (Å²) in [7, 11) is -9.91. The van der Waals surface area contributed by atoms with E-state index in [1.165, 1.54) is 154 Å². The molecule has 0 fully saturated rings. The molecule has 19 heteroatoms. The summed E-state index contributed by atoms with van der Waals surface area (Å²) in [5.41, 5.74) is 0. The van der Waals surface area contributed by atoms with Crippen molar-refractivity contribution in [3.05, 3.63) is 0 Å². The number of carbonyl (C=O) groups is 4. The predicted octanol–water partition coefficient (Wildman–Crippen LogP) is 20.5. The third-order valence-corrected chi connectivity index (χ3v) is 18.8. The highest BCUT2D eigenvalue weighted by Gasteiger charge is 2.30. The van der Waals surface area contributed by atoms with Gasteiger partial charge in [-0.3, -0.25) is 37.3 Å². The lowest BCUT2D eigenvalue weighted by atomic mass is 10.00. The number of aliphatic hydroxyl groups is 1. The molecule has 0 saturated carbocycles. The third-order valence-electron chi connectivity index (χ3n) is 16.9. The van der Waals surface area contributed by atoms with Crippen LogP contribution in [0, 0.1) is 23.7 Å². The summed E-state index contributed by atoms with van der Waals surface area (Å²) < 4.78 is 68.3. The number of carbonyl (C=O) groups excluding carboxylic acids is 4. The van der Waals surface area contributed by atoms with Gasteiger partial charge in [0.2, 0.25) is 0 Å². The molecular formula is C72H140O17P2. The molecular weight excluding hydrogens is 1200 g/mol. The van der Waals surface area contributed by atoms with Gasteiger partial charge in [-0.1, -0.05) is 306 Å².